The molecule has 0 amide bonds. The first-order valence-corrected chi connectivity index (χ1v) is 11.0. The molecule has 26 heavy (non-hydrogen) atoms. The fraction of sp³-hybridized carbons (Fsp3) is 0.667. The highest BCUT2D eigenvalue weighted by molar-refractivity contribution is 7.91. The molecule has 0 saturated heterocycles. The molecule has 0 saturated carbocycles. The number of carbonyl (C=O) groups excluding carboxylic acids is 1. The maximum absolute atomic E-state index is 12.3. The van der Waals surface area contributed by atoms with Crippen LogP contribution < -0.4 is 9.47 Å². The molecule has 0 radical (unpaired) electrons. The van der Waals surface area contributed by atoms with E-state index in [4.69, 9.17) is 9.47 Å². The minimum Gasteiger partial charge on any atom is -0.616 e. The number of unbranched alkanes of at least 4 members (excludes halogenated alkanes) is 5. The molecule has 1 aromatic rings. The highest BCUT2D eigenvalue weighted by atomic mass is 32.2. The van der Waals surface area contributed by atoms with Crippen molar-refractivity contribution in [3.8, 4) is 11.5 Å². The summed E-state index contributed by atoms with van der Waals surface area (Å²) in [6.45, 7) is 7.67. The number of benzene rings is 1. The van der Waals surface area contributed by atoms with Crippen molar-refractivity contribution in [2.45, 2.75) is 77.9 Å². The van der Waals surface area contributed by atoms with Crippen LogP contribution in [0.25, 0.3) is 0 Å². The highest BCUT2D eigenvalue weighted by Gasteiger charge is 2.19. The Bertz CT molecular complexity index is 529. The lowest BCUT2D eigenvalue weighted by Gasteiger charge is -2.18. The third-order valence-corrected chi connectivity index (χ3v) is 5.86. The van der Waals surface area contributed by atoms with E-state index in [9.17, 15) is 9.35 Å². The van der Waals surface area contributed by atoms with Gasteiger partial charge in [-0.05, 0) is 51.3 Å². The summed E-state index contributed by atoms with van der Waals surface area (Å²) in [5.41, 5.74) is 1.17. The Hall–Kier alpha value is -1.20. The van der Waals surface area contributed by atoms with E-state index in [1.165, 1.54) is 51.5 Å². The predicted molar refractivity (Wildman–Crippen MR) is 108 cm³/mol. The average molecular weight is 383 g/mol. The van der Waals surface area contributed by atoms with Crippen LogP contribution in [0.3, 0.4) is 0 Å². The fourth-order valence-corrected chi connectivity index (χ4v) is 3.99. The Kier molecular flexibility index (Phi) is 11.5. The first kappa shape index (κ1) is 22.8. The predicted octanol–water partition coefficient (Wildman–Crippen LogP) is 5.05. The molecular weight excluding hydrogens is 348 g/mol. The third kappa shape index (κ3) is 9.48. The second-order valence-corrected chi connectivity index (χ2v) is 8.94. The van der Waals surface area contributed by atoms with E-state index in [1.54, 1.807) is 0 Å². The molecule has 0 N–H and O–H groups in total. The first-order valence-electron chi connectivity index (χ1n) is 9.67. The Labute approximate surface area is 161 Å². The van der Waals surface area contributed by atoms with E-state index in [-0.39, 0.29) is 11.0 Å². The van der Waals surface area contributed by atoms with Gasteiger partial charge in [0.15, 0.2) is 11.5 Å². The number of hydrogen-bond acceptors (Lipinski definition) is 4. The molecular formula is C21H34O4S. The third-order valence-electron chi connectivity index (χ3n) is 4.11. The lowest BCUT2D eigenvalue weighted by molar-refractivity contribution is -0.114. The molecule has 1 aromatic carbocycles. The van der Waals surface area contributed by atoms with Crippen LogP contribution in [0.1, 0.15) is 71.8 Å². The van der Waals surface area contributed by atoms with Crippen molar-refractivity contribution in [3.05, 3.63) is 23.8 Å². The zero-order valence-electron chi connectivity index (χ0n) is 16.7. The number of fused-ring (bicyclic) bond motifs is 1. The monoisotopic (exact) mass is 382 g/mol. The van der Waals surface area contributed by atoms with Gasteiger partial charge in [0.25, 0.3) is 0 Å². The number of ketones is 1. The molecule has 1 aliphatic rings. The largest absolute Gasteiger partial charge is 0.616 e. The van der Waals surface area contributed by atoms with E-state index >= 15 is 0 Å². The maximum atomic E-state index is 12.3. The van der Waals surface area contributed by atoms with Gasteiger partial charge in [-0.3, -0.25) is 0 Å². The van der Waals surface area contributed by atoms with E-state index in [1.807, 2.05) is 18.2 Å². The van der Waals surface area contributed by atoms with E-state index in [0.717, 1.165) is 30.1 Å². The van der Waals surface area contributed by atoms with Crippen molar-refractivity contribution in [2.24, 2.45) is 0 Å². The molecule has 5 heteroatoms. The Morgan fingerprint density at radius 3 is 2.42 bits per heavy atom. The summed E-state index contributed by atoms with van der Waals surface area (Å²) < 4.78 is 23.0. The van der Waals surface area contributed by atoms with Gasteiger partial charge in [0.1, 0.15) is 16.8 Å². The fourth-order valence-electron chi connectivity index (χ4n) is 2.72. The molecule has 2 rings (SSSR count). The van der Waals surface area contributed by atoms with Crippen LogP contribution >= 0.6 is 0 Å². The van der Waals surface area contributed by atoms with Crippen LogP contribution in [0.4, 0.5) is 0 Å². The molecule has 0 fully saturated rings. The van der Waals surface area contributed by atoms with Gasteiger partial charge in [0.05, 0.1) is 0 Å². The van der Waals surface area contributed by atoms with Crippen LogP contribution in [0.2, 0.25) is 0 Å². The van der Waals surface area contributed by atoms with Crippen molar-refractivity contribution in [3.63, 3.8) is 0 Å². The molecule has 0 aliphatic carbocycles. The van der Waals surface area contributed by atoms with Crippen LogP contribution in [-0.2, 0) is 22.4 Å². The number of Topliss-reactive ketones (excluding diaryl/α,β-unsaturated/α-hetero) is 1. The molecule has 1 heterocycles. The highest BCUT2D eigenvalue weighted by Crippen LogP contribution is 2.33. The van der Waals surface area contributed by atoms with Crippen LogP contribution in [0.15, 0.2) is 18.2 Å². The van der Waals surface area contributed by atoms with Crippen LogP contribution in [-0.4, -0.2) is 28.1 Å². The van der Waals surface area contributed by atoms with Gasteiger partial charge in [-0.1, -0.05) is 49.8 Å². The number of hydrogen-bond donors (Lipinski definition) is 0. The molecule has 0 spiro atoms. The standard InChI is InChI=1S/C18H28O3S.C3H6O/c1-3-4-5-6-7-8-11-22(19)15(2)12-16-9-10-17-18(13-16)21-14-20-17;1-3(2)4/h9-10,13,15H,3-8,11-12,14H2,1-2H3;1-2H3. The number of carbonyl (C=O) groups is 1. The molecule has 4 nitrogen and oxygen atoms in total. The summed E-state index contributed by atoms with van der Waals surface area (Å²) in [7, 11) is 0. The van der Waals surface area contributed by atoms with Crippen molar-refractivity contribution in [1.82, 2.24) is 0 Å². The number of ether oxygens (including phenoxy) is 2. The summed E-state index contributed by atoms with van der Waals surface area (Å²) in [6, 6.07) is 6.01. The van der Waals surface area contributed by atoms with E-state index in [2.05, 4.69) is 13.8 Å². The second kappa shape index (κ2) is 13.0. The Morgan fingerprint density at radius 1 is 1.12 bits per heavy atom. The maximum Gasteiger partial charge on any atom is 0.231 e. The topological polar surface area (TPSA) is 58.6 Å². The molecule has 2 unspecified atom stereocenters. The summed E-state index contributed by atoms with van der Waals surface area (Å²) >= 11 is -0.743. The van der Waals surface area contributed by atoms with Gasteiger partial charge in [0, 0.05) is 6.42 Å². The van der Waals surface area contributed by atoms with Gasteiger partial charge in [-0.25, -0.2) is 0 Å². The van der Waals surface area contributed by atoms with E-state index in [0.29, 0.717) is 6.79 Å². The van der Waals surface area contributed by atoms with Crippen molar-refractivity contribution >= 4 is 17.0 Å². The van der Waals surface area contributed by atoms with Gasteiger partial charge in [-0.15, -0.1) is 0 Å². The van der Waals surface area contributed by atoms with Gasteiger partial charge >= 0.3 is 0 Å². The zero-order chi connectivity index (χ0) is 19.4. The molecule has 0 bridgehead atoms. The second-order valence-electron chi connectivity index (χ2n) is 6.96. The lowest BCUT2D eigenvalue weighted by atomic mass is 10.1. The quantitative estimate of drug-likeness (QED) is 0.420. The first-order chi connectivity index (χ1) is 12.4. The summed E-state index contributed by atoms with van der Waals surface area (Å²) in [4.78, 5) is 9.44. The minimum absolute atomic E-state index is 0.167. The normalized spacial score (nSPS) is 14.3. The Morgan fingerprint density at radius 2 is 1.73 bits per heavy atom. The zero-order valence-corrected chi connectivity index (χ0v) is 17.5. The number of rotatable bonds is 10. The smallest absolute Gasteiger partial charge is 0.231 e. The van der Waals surface area contributed by atoms with Gasteiger partial charge in [0.2, 0.25) is 6.79 Å². The summed E-state index contributed by atoms with van der Waals surface area (Å²) in [5, 5.41) is 0.191. The molecule has 2 atom stereocenters. The van der Waals surface area contributed by atoms with Crippen LogP contribution in [0.5, 0.6) is 11.5 Å². The van der Waals surface area contributed by atoms with Crippen molar-refractivity contribution in [2.75, 3.05) is 12.5 Å². The van der Waals surface area contributed by atoms with Crippen molar-refractivity contribution < 1.29 is 18.8 Å². The van der Waals surface area contributed by atoms with Gasteiger partial charge in [-0.2, -0.15) is 0 Å². The van der Waals surface area contributed by atoms with Gasteiger partial charge < -0.3 is 18.8 Å². The average Bonchev–Trinajstić information content (AvgIpc) is 3.05. The molecule has 1 aliphatic heterocycles. The minimum atomic E-state index is -0.743. The SMILES string of the molecule is CC(C)=O.CCCCCCCC[S+]([O-])C(C)Cc1ccc2c(c1)OCO2. The lowest BCUT2D eigenvalue weighted by Crippen LogP contribution is -2.23. The molecule has 148 valence electrons. The summed E-state index contributed by atoms with van der Waals surface area (Å²) in [5.74, 6) is 2.62. The Balaban J connectivity index is 0.000000765. The van der Waals surface area contributed by atoms with Crippen molar-refractivity contribution in [1.29, 1.82) is 0 Å². The summed E-state index contributed by atoms with van der Waals surface area (Å²) in [6.07, 6.45) is 8.32. The van der Waals surface area contributed by atoms with E-state index < -0.39 is 11.2 Å². The van der Waals surface area contributed by atoms with Crippen LogP contribution in [0, 0.1) is 0 Å². The molecule has 0 aromatic heterocycles.